The Bertz CT molecular complexity index is 4310. The van der Waals surface area contributed by atoms with Gasteiger partial charge in [-0.05, 0) is 223 Å². The van der Waals surface area contributed by atoms with Gasteiger partial charge in [-0.1, -0.05) is 183 Å². The van der Waals surface area contributed by atoms with E-state index in [1.54, 1.807) is 13.8 Å². The van der Waals surface area contributed by atoms with Gasteiger partial charge in [0.05, 0.1) is 10.8 Å². The van der Waals surface area contributed by atoms with Gasteiger partial charge < -0.3 is 9.80 Å². The topological polar surface area (TPSA) is 6.48 Å². The largest absolute Gasteiger partial charge is 0.310 e. The van der Waals surface area contributed by atoms with E-state index in [0.29, 0.717) is 11.1 Å². The first-order valence-corrected chi connectivity index (χ1v) is 28.8. The van der Waals surface area contributed by atoms with Crippen LogP contribution in [-0.4, -0.2) is 0 Å². The number of benzene rings is 12. The highest BCUT2D eigenvalue weighted by atomic mass is 19.1. The summed E-state index contributed by atoms with van der Waals surface area (Å²) in [4.78, 5) is 4.33. The Morgan fingerprint density at radius 3 is 0.953 bits per heavy atom. The number of rotatable bonds is 13. The predicted octanol–water partition coefficient (Wildman–Crippen LogP) is 21.5. The average Bonchev–Trinajstić information content (AvgIpc) is 1.60. The molecule has 14 rings (SSSR count). The molecule has 0 spiro atoms. The highest BCUT2D eigenvalue weighted by molar-refractivity contribution is 5.92. The van der Waals surface area contributed by atoms with Crippen molar-refractivity contribution in [3.8, 4) is 33.4 Å². The van der Waals surface area contributed by atoms with Crippen LogP contribution in [-0.2, 0) is 10.8 Å². The van der Waals surface area contributed by atoms with Crippen LogP contribution in [0.4, 0.5) is 51.7 Å². The number of hydrogen-bond acceptors (Lipinski definition) is 2. The SMILES string of the molecule is C=Cc1ccc(C2(c3ccc(F)cc3)c3ccccc3-c3ccc(N(c4ccc(-c5ccc(N(c6ccc(F)c(C)c6)c6ccc7c(c6)C(c6ccc(F)cc6)(c6ccc(C=C)cc6)c6ccccc6-7)cc5)cc4)c4ccc(F)c(C)c4)cc32)cc1. The zero-order valence-corrected chi connectivity index (χ0v) is 47.4. The van der Waals surface area contributed by atoms with Crippen LogP contribution in [0, 0.1) is 37.1 Å². The lowest BCUT2D eigenvalue weighted by Crippen LogP contribution is -2.29. The second kappa shape index (κ2) is 21.3. The highest BCUT2D eigenvalue weighted by Gasteiger charge is 2.48. The minimum absolute atomic E-state index is 0.294. The van der Waals surface area contributed by atoms with Gasteiger partial charge in [-0.25, -0.2) is 17.6 Å². The van der Waals surface area contributed by atoms with Gasteiger partial charge >= 0.3 is 0 Å². The number of hydrogen-bond donors (Lipinski definition) is 0. The third kappa shape index (κ3) is 8.62. The van der Waals surface area contributed by atoms with Crippen molar-refractivity contribution in [3.63, 3.8) is 0 Å². The number of halogens is 4. The first-order valence-electron chi connectivity index (χ1n) is 28.8. The molecule has 414 valence electrons. The van der Waals surface area contributed by atoms with Crippen LogP contribution in [0.2, 0.25) is 0 Å². The van der Waals surface area contributed by atoms with Gasteiger partial charge in [-0.3, -0.25) is 0 Å². The molecule has 0 amide bonds. The molecule has 2 nitrogen and oxygen atoms in total. The van der Waals surface area contributed by atoms with Crippen molar-refractivity contribution in [1.82, 2.24) is 0 Å². The summed E-state index contributed by atoms with van der Waals surface area (Å²) in [6, 6.07) is 87.8. The number of nitrogens with zero attached hydrogens (tertiary/aromatic N) is 2. The highest BCUT2D eigenvalue weighted by Crippen LogP contribution is 2.59. The smallest absolute Gasteiger partial charge is 0.126 e. The molecule has 0 aromatic heterocycles. The van der Waals surface area contributed by atoms with Crippen LogP contribution in [0.25, 0.3) is 45.5 Å². The Hall–Kier alpha value is -10.6. The maximum atomic E-state index is 15.2. The van der Waals surface area contributed by atoms with Crippen LogP contribution in [0.5, 0.6) is 0 Å². The van der Waals surface area contributed by atoms with Crippen molar-refractivity contribution in [2.75, 3.05) is 9.80 Å². The standard InChI is InChI=1S/C80H56F4N2/c1-5-53-15-23-57(24-16-53)79(59-27-31-61(81)32-28-59)73-13-9-7-11-69(73)71-43-39-67(49-75(71)79)85(65-41-45-77(83)51(3)47-65)63-35-19-55(20-36-63)56-21-37-64(38-22-56)86(66-42-46-78(84)52(4)48-66)68-40-44-72-70-12-8-10-14-74(70)80(76(72)50-68,60-29-33-62(82)34-30-60)58-25-17-54(6-2)18-26-58/h5-50H,1-2H2,3-4H3. The van der Waals surface area contributed by atoms with Gasteiger partial charge in [-0.15, -0.1) is 0 Å². The lowest BCUT2D eigenvalue weighted by atomic mass is 9.67. The Balaban J connectivity index is 0.870. The molecular formula is C80H56F4N2. The Morgan fingerprint density at radius 2 is 0.605 bits per heavy atom. The van der Waals surface area contributed by atoms with E-state index in [4.69, 9.17) is 0 Å². The molecule has 12 aromatic rings. The Morgan fingerprint density at radius 1 is 0.302 bits per heavy atom. The molecule has 2 atom stereocenters. The van der Waals surface area contributed by atoms with E-state index >= 15 is 8.78 Å². The van der Waals surface area contributed by atoms with Crippen LogP contribution in [0.15, 0.2) is 280 Å². The van der Waals surface area contributed by atoms with Gasteiger partial charge in [0.25, 0.3) is 0 Å². The van der Waals surface area contributed by atoms with E-state index < -0.39 is 10.8 Å². The van der Waals surface area contributed by atoms with E-state index in [9.17, 15) is 8.78 Å². The average molecular weight is 1120 g/mol. The van der Waals surface area contributed by atoms with Crippen molar-refractivity contribution < 1.29 is 17.6 Å². The van der Waals surface area contributed by atoms with Crippen molar-refractivity contribution in [2.24, 2.45) is 0 Å². The minimum Gasteiger partial charge on any atom is -0.310 e. The molecule has 0 N–H and O–H groups in total. The summed E-state index contributed by atoms with van der Waals surface area (Å²) in [7, 11) is 0. The third-order valence-electron chi connectivity index (χ3n) is 17.7. The quantitative estimate of drug-likeness (QED) is 0.106. The van der Waals surface area contributed by atoms with Gasteiger partial charge in [0.2, 0.25) is 0 Å². The fourth-order valence-corrected chi connectivity index (χ4v) is 13.6. The van der Waals surface area contributed by atoms with Crippen molar-refractivity contribution in [1.29, 1.82) is 0 Å². The van der Waals surface area contributed by atoms with E-state index in [1.165, 1.54) is 36.4 Å². The van der Waals surface area contributed by atoms with Gasteiger partial charge in [0.1, 0.15) is 23.3 Å². The van der Waals surface area contributed by atoms with Crippen molar-refractivity contribution in [3.05, 3.63) is 370 Å². The van der Waals surface area contributed by atoms with E-state index in [2.05, 4.69) is 205 Å². The van der Waals surface area contributed by atoms with Gasteiger partial charge in [0.15, 0.2) is 0 Å². The number of anilines is 6. The van der Waals surface area contributed by atoms with Crippen molar-refractivity contribution in [2.45, 2.75) is 24.7 Å². The lowest BCUT2D eigenvalue weighted by molar-refractivity contribution is 0.618. The molecule has 86 heavy (non-hydrogen) atoms. The first-order chi connectivity index (χ1) is 42.0. The van der Waals surface area contributed by atoms with E-state index in [-0.39, 0.29) is 23.3 Å². The number of fused-ring (bicyclic) bond motifs is 6. The van der Waals surface area contributed by atoms with Gasteiger partial charge in [0, 0.05) is 34.1 Å². The second-order valence-corrected chi connectivity index (χ2v) is 22.3. The summed E-state index contributed by atoms with van der Waals surface area (Å²) in [5.41, 5.74) is 20.8. The fourth-order valence-electron chi connectivity index (χ4n) is 13.6. The molecule has 2 aliphatic rings. The summed E-state index contributed by atoms with van der Waals surface area (Å²) in [5.74, 6) is -1.21. The molecule has 2 unspecified atom stereocenters. The maximum absolute atomic E-state index is 15.2. The molecule has 2 aliphatic carbocycles. The molecule has 0 saturated carbocycles. The number of aryl methyl sites for hydroxylation is 2. The van der Waals surface area contributed by atoms with Crippen LogP contribution < -0.4 is 9.80 Å². The Kier molecular flexibility index (Phi) is 13.2. The van der Waals surface area contributed by atoms with Gasteiger partial charge in [-0.2, -0.15) is 0 Å². The normalized spacial score (nSPS) is 15.3. The van der Waals surface area contributed by atoms with Crippen molar-refractivity contribution >= 4 is 46.3 Å². The van der Waals surface area contributed by atoms with Crippen LogP contribution >= 0.6 is 0 Å². The predicted molar refractivity (Wildman–Crippen MR) is 345 cm³/mol. The van der Waals surface area contributed by atoms with Crippen LogP contribution in [0.3, 0.4) is 0 Å². The molecule has 0 fully saturated rings. The molecule has 0 saturated heterocycles. The Labute approximate surface area is 499 Å². The third-order valence-corrected chi connectivity index (χ3v) is 17.7. The summed E-state index contributed by atoms with van der Waals surface area (Å²) in [5, 5.41) is 0. The maximum Gasteiger partial charge on any atom is 0.126 e. The fraction of sp³-hybridized carbons (Fsp3) is 0.0500. The molecule has 0 aliphatic heterocycles. The minimum atomic E-state index is -0.819. The molecule has 0 radical (unpaired) electrons. The lowest BCUT2D eigenvalue weighted by Gasteiger charge is -2.35. The van der Waals surface area contributed by atoms with Crippen LogP contribution in [0.1, 0.15) is 66.8 Å². The zero-order valence-electron chi connectivity index (χ0n) is 47.4. The molecule has 6 heteroatoms. The molecule has 0 heterocycles. The van der Waals surface area contributed by atoms with E-state index in [0.717, 1.165) is 123 Å². The summed E-state index contributed by atoms with van der Waals surface area (Å²) in [6.07, 6.45) is 3.67. The monoisotopic (exact) mass is 1120 g/mol. The summed E-state index contributed by atoms with van der Waals surface area (Å²) < 4.78 is 60.2. The second-order valence-electron chi connectivity index (χ2n) is 22.3. The summed E-state index contributed by atoms with van der Waals surface area (Å²) >= 11 is 0. The van der Waals surface area contributed by atoms with E-state index in [1.807, 2.05) is 60.7 Å². The summed E-state index contributed by atoms with van der Waals surface area (Å²) in [6.45, 7) is 11.6. The molecule has 0 bridgehead atoms. The molecular weight excluding hydrogens is 1060 g/mol. The zero-order chi connectivity index (χ0) is 58.8. The molecule has 12 aromatic carbocycles. The first kappa shape index (κ1) is 53.4.